The van der Waals surface area contributed by atoms with Crippen molar-refractivity contribution in [2.75, 3.05) is 6.54 Å². The molecule has 2 unspecified atom stereocenters. The molecule has 0 aliphatic rings. The molecule has 0 aliphatic heterocycles. The Labute approximate surface area is 124 Å². The van der Waals surface area contributed by atoms with E-state index in [0.717, 1.165) is 11.1 Å². The molecule has 2 aromatic rings. The predicted molar refractivity (Wildman–Crippen MR) is 83.5 cm³/mol. The summed E-state index contributed by atoms with van der Waals surface area (Å²) < 4.78 is 0. The second-order valence-electron chi connectivity index (χ2n) is 5.04. The lowest BCUT2D eigenvalue weighted by Crippen LogP contribution is -2.38. The van der Waals surface area contributed by atoms with E-state index in [2.05, 4.69) is 29.6 Å². The van der Waals surface area contributed by atoms with Crippen LogP contribution in [0.1, 0.15) is 18.5 Å². The Kier molecular flexibility index (Phi) is 5.09. The van der Waals surface area contributed by atoms with E-state index < -0.39 is 12.0 Å². The Hall–Kier alpha value is -2.17. The largest absolute Gasteiger partial charge is 0.382 e. The highest BCUT2D eigenvalue weighted by molar-refractivity contribution is 5.78. The van der Waals surface area contributed by atoms with Crippen molar-refractivity contribution in [1.82, 2.24) is 5.32 Å². The van der Waals surface area contributed by atoms with Crippen molar-refractivity contribution in [3.63, 3.8) is 0 Å². The number of hydrogen-bond acceptors (Lipinski definition) is 3. The zero-order valence-corrected chi connectivity index (χ0v) is 12.0. The van der Waals surface area contributed by atoms with E-state index in [9.17, 15) is 9.90 Å². The number of hydrogen-bond donors (Lipinski definition) is 3. The normalized spacial score (nSPS) is 13.6. The first kappa shape index (κ1) is 15.2. The second kappa shape index (κ2) is 7.02. The van der Waals surface area contributed by atoms with E-state index in [0.29, 0.717) is 0 Å². The zero-order chi connectivity index (χ0) is 15.2. The summed E-state index contributed by atoms with van der Waals surface area (Å²) in [5.74, 6) is -0.714. The maximum Gasteiger partial charge on any atom is 0.247 e. The van der Waals surface area contributed by atoms with Crippen molar-refractivity contribution >= 4 is 5.91 Å². The van der Waals surface area contributed by atoms with Crippen LogP contribution < -0.4 is 11.1 Å². The summed E-state index contributed by atoms with van der Waals surface area (Å²) in [5.41, 5.74) is 8.44. The van der Waals surface area contributed by atoms with Crippen molar-refractivity contribution in [2.45, 2.75) is 19.1 Å². The highest BCUT2D eigenvalue weighted by atomic mass is 16.3. The van der Waals surface area contributed by atoms with E-state index >= 15 is 0 Å². The highest BCUT2D eigenvalue weighted by Gasteiger charge is 2.12. The molecule has 0 fully saturated rings. The van der Waals surface area contributed by atoms with E-state index in [1.165, 1.54) is 5.56 Å². The van der Waals surface area contributed by atoms with Gasteiger partial charge in [0.1, 0.15) is 6.10 Å². The van der Waals surface area contributed by atoms with Gasteiger partial charge in [-0.05, 0) is 23.6 Å². The lowest BCUT2D eigenvalue weighted by Gasteiger charge is -2.16. The molecule has 0 spiro atoms. The standard InChI is InChI=1S/C17H20N2O2/c1-12(19-11-16(20)17(18)21)13-7-9-15(10-8-13)14-5-3-2-4-6-14/h2-10,12,16,19-20H,11H2,1H3,(H2,18,21). The van der Waals surface area contributed by atoms with Crippen molar-refractivity contribution in [1.29, 1.82) is 0 Å². The van der Waals surface area contributed by atoms with Gasteiger partial charge in [-0.25, -0.2) is 0 Å². The summed E-state index contributed by atoms with van der Waals surface area (Å²) in [6, 6.07) is 18.4. The number of amides is 1. The fraction of sp³-hybridized carbons (Fsp3) is 0.235. The Bertz CT molecular complexity index is 581. The summed E-state index contributed by atoms with van der Waals surface area (Å²) in [6.07, 6.45) is -1.16. The van der Waals surface area contributed by atoms with Gasteiger partial charge >= 0.3 is 0 Å². The van der Waals surface area contributed by atoms with Gasteiger partial charge in [0.15, 0.2) is 0 Å². The Morgan fingerprint density at radius 2 is 1.67 bits per heavy atom. The summed E-state index contributed by atoms with van der Waals surface area (Å²) in [5, 5.41) is 12.5. The Balaban J connectivity index is 2.00. The molecule has 21 heavy (non-hydrogen) atoms. The number of rotatable bonds is 6. The molecular weight excluding hydrogens is 264 g/mol. The molecule has 0 aliphatic carbocycles. The van der Waals surface area contributed by atoms with E-state index in [-0.39, 0.29) is 12.6 Å². The Morgan fingerprint density at radius 3 is 2.24 bits per heavy atom. The van der Waals surface area contributed by atoms with E-state index in [4.69, 9.17) is 5.73 Å². The predicted octanol–water partition coefficient (Wildman–Crippen LogP) is 1.85. The number of primary amides is 1. The molecule has 4 heteroatoms. The van der Waals surface area contributed by atoms with Crippen LogP contribution in [-0.4, -0.2) is 23.7 Å². The van der Waals surface area contributed by atoms with Crippen LogP contribution in [0.15, 0.2) is 54.6 Å². The van der Waals surface area contributed by atoms with Crippen LogP contribution in [0, 0.1) is 0 Å². The number of benzene rings is 2. The summed E-state index contributed by atoms with van der Waals surface area (Å²) in [6.45, 7) is 2.13. The third-order valence-electron chi connectivity index (χ3n) is 3.46. The van der Waals surface area contributed by atoms with Crippen LogP contribution in [0.5, 0.6) is 0 Å². The van der Waals surface area contributed by atoms with Gasteiger partial charge in [-0.15, -0.1) is 0 Å². The number of aliphatic hydroxyl groups excluding tert-OH is 1. The molecule has 0 saturated carbocycles. The molecule has 0 bridgehead atoms. The minimum absolute atomic E-state index is 0.0313. The van der Waals surface area contributed by atoms with Crippen LogP contribution >= 0.6 is 0 Å². The van der Waals surface area contributed by atoms with Crippen LogP contribution in [0.25, 0.3) is 11.1 Å². The van der Waals surface area contributed by atoms with Gasteiger partial charge < -0.3 is 16.2 Å². The van der Waals surface area contributed by atoms with Gasteiger partial charge in [-0.1, -0.05) is 54.6 Å². The van der Waals surface area contributed by atoms with E-state index in [1.807, 2.05) is 37.3 Å². The molecule has 2 aromatic carbocycles. The molecule has 0 saturated heterocycles. The molecule has 4 nitrogen and oxygen atoms in total. The van der Waals surface area contributed by atoms with Crippen LogP contribution in [-0.2, 0) is 4.79 Å². The zero-order valence-electron chi connectivity index (χ0n) is 12.0. The van der Waals surface area contributed by atoms with Crippen molar-refractivity contribution in [2.24, 2.45) is 5.73 Å². The summed E-state index contributed by atoms with van der Waals surface area (Å²) in [7, 11) is 0. The average Bonchev–Trinajstić information content (AvgIpc) is 2.53. The van der Waals surface area contributed by atoms with Gasteiger partial charge in [0.2, 0.25) is 5.91 Å². The minimum Gasteiger partial charge on any atom is -0.382 e. The van der Waals surface area contributed by atoms with Crippen molar-refractivity contribution < 1.29 is 9.90 Å². The third-order valence-corrected chi connectivity index (χ3v) is 3.46. The van der Waals surface area contributed by atoms with Gasteiger partial charge in [0, 0.05) is 12.6 Å². The minimum atomic E-state index is -1.16. The lowest BCUT2D eigenvalue weighted by molar-refractivity contribution is -0.125. The van der Waals surface area contributed by atoms with Gasteiger partial charge in [-0.3, -0.25) is 4.79 Å². The van der Waals surface area contributed by atoms with Crippen LogP contribution in [0.3, 0.4) is 0 Å². The fourth-order valence-corrected chi connectivity index (χ4v) is 2.10. The number of carbonyl (C=O) groups is 1. The lowest BCUT2D eigenvalue weighted by atomic mass is 10.0. The van der Waals surface area contributed by atoms with Crippen LogP contribution in [0.4, 0.5) is 0 Å². The maximum absolute atomic E-state index is 10.8. The molecule has 2 atom stereocenters. The Morgan fingerprint density at radius 1 is 1.10 bits per heavy atom. The molecule has 0 radical (unpaired) electrons. The van der Waals surface area contributed by atoms with Crippen molar-refractivity contribution in [3.8, 4) is 11.1 Å². The van der Waals surface area contributed by atoms with Gasteiger partial charge in [0.25, 0.3) is 0 Å². The number of nitrogens with one attached hydrogen (secondary N) is 1. The van der Waals surface area contributed by atoms with E-state index in [1.54, 1.807) is 0 Å². The number of aliphatic hydroxyl groups is 1. The quantitative estimate of drug-likeness (QED) is 0.758. The first-order chi connectivity index (χ1) is 10.1. The molecule has 1 amide bonds. The van der Waals surface area contributed by atoms with Gasteiger partial charge in [0.05, 0.1) is 0 Å². The number of nitrogens with two attached hydrogens (primary N) is 1. The summed E-state index contributed by atoms with van der Waals surface area (Å²) in [4.78, 5) is 10.8. The smallest absolute Gasteiger partial charge is 0.247 e. The summed E-state index contributed by atoms with van der Waals surface area (Å²) >= 11 is 0. The molecule has 4 N–H and O–H groups in total. The average molecular weight is 284 g/mol. The van der Waals surface area contributed by atoms with Gasteiger partial charge in [-0.2, -0.15) is 0 Å². The fourth-order valence-electron chi connectivity index (χ4n) is 2.10. The third kappa shape index (κ3) is 4.15. The van der Waals surface area contributed by atoms with Crippen LogP contribution in [0.2, 0.25) is 0 Å². The maximum atomic E-state index is 10.8. The number of carbonyl (C=O) groups excluding carboxylic acids is 1. The molecule has 110 valence electrons. The SMILES string of the molecule is CC(NCC(O)C(N)=O)c1ccc(-c2ccccc2)cc1. The second-order valence-corrected chi connectivity index (χ2v) is 5.04. The molecular formula is C17H20N2O2. The first-order valence-corrected chi connectivity index (χ1v) is 6.94. The molecule has 2 rings (SSSR count). The van der Waals surface area contributed by atoms with Crippen molar-refractivity contribution in [3.05, 3.63) is 60.2 Å². The molecule has 0 aromatic heterocycles. The topological polar surface area (TPSA) is 75.3 Å². The first-order valence-electron chi connectivity index (χ1n) is 6.94. The monoisotopic (exact) mass is 284 g/mol. The highest BCUT2D eigenvalue weighted by Crippen LogP contribution is 2.21. The molecule has 0 heterocycles.